The molecule has 0 saturated carbocycles. The van der Waals surface area contributed by atoms with Gasteiger partial charge in [-0.25, -0.2) is 4.39 Å². The van der Waals surface area contributed by atoms with Gasteiger partial charge in [0.25, 0.3) is 0 Å². The third-order valence-corrected chi connectivity index (χ3v) is 7.28. The molecule has 1 heterocycles. The Labute approximate surface area is 225 Å². The Morgan fingerprint density at radius 2 is 1.72 bits per heavy atom. The molecule has 1 atom stereocenters. The Balaban J connectivity index is 1.62. The van der Waals surface area contributed by atoms with Crippen LogP contribution in [0.15, 0.2) is 65.8 Å². The number of hydrogen-bond acceptors (Lipinski definition) is 6. The molecular formula is C24H18Cl3FN4O3S. The van der Waals surface area contributed by atoms with E-state index in [1.165, 1.54) is 12.1 Å². The molecule has 3 aromatic carbocycles. The molecule has 0 aliphatic carbocycles. The normalized spacial score (nSPS) is 11.9. The minimum absolute atomic E-state index is 0.144. The lowest BCUT2D eigenvalue weighted by molar-refractivity contribution is -0.479. The molecule has 0 spiro atoms. The van der Waals surface area contributed by atoms with E-state index >= 15 is 0 Å². The second-order valence-electron chi connectivity index (χ2n) is 7.66. The van der Waals surface area contributed by atoms with Gasteiger partial charge in [-0.15, -0.1) is 10.2 Å². The first-order valence-corrected chi connectivity index (χ1v) is 12.6. The van der Waals surface area contributed by atoms with Gasteiger partial charge in [-0.05, 0) is 55.0 Å². The van der Waals surface area contributed by atoms with Gasteiger partial charge in [-0.3, -0.25) is 14.7 Å². The van der Waals surface area contributed by atoms with Crippen LogP contribution in [0.4, 0.5) is 4.39 Å². The van der Waals surface area contributed by atoms with Gasteiger partial charge in [0.15, 0.2) is 10.9 Å². The van der Waals surface area contributed by atoms with Gasteiger partial charge >= 0.3 is 0 Å². The molecule has 0 aliphatic heterocycles. The molecule has 0 saturated heterocycles. The lowest BCUT2D eigenvalue weighted by atomic mass is 10.1. The van der Waals surface area contributed by atoms with Gasteiger partial charge in [-0.1, -0.05) is 64.8 Å². The minimum atomic E-state index is -0.699. The highest BCUT2D eigenvalue weighted by molar-refractivity contribution is 7.99. The number of aromatic nitrogens is 3. The largest absolute Gasteiger partial charge is 0.486 e. The lowest BCUT2D eigenvalue weighted by Gasteiger charge is -2.17. The van der Waals surface area contributed by atoms with Gasteiger partial charge in [0, 0.05) is 21.2 Å². The van der Waals surface area contributed by atoms with E-state index in [0.717, 1.165) is 17.3 Å². The number of hydrogen-bond donors (Lipinski definition) is 0. The topological polar surface area (TPSA) is 83.1 Å². The molecule has 0 aliphatic rings. The van der Waals surface area contributed by atoms with Crippen molar-refractivity contribution in [3.8, 4) is 11.4 Å². The predicted octanol–water partition coefficient (Wildman–Crippen LogP) is 7.36. The minimum Gasteiger partial charge on any atom is -0.486 e. The maximum Gasteiger partial charge on any atom is 0.220 e. The number of rotatable bonds is 9. The van der Waals surface area contributed by atoms with E-state index in [2.05, 4.69) is 10.2 Å². The summed E-state index contributed by atoms with van der Waals surface area (Å²) in [5.41, 5.74) is 1.90. The summed E-state index contributed by atoms with van der Waals surface area (Å²) in [6.07, 6.45) is 0. The van der Waals surface area contributed by atoms with Crippen LogP contribution in [0.25, 0.3) is 5.69 Å². The van der Waals surface area contributed by atoms with Crippen molar-refractivity contribution in [2.75, 3.05) is 6.54 Å². The third-order valence-electron chi connectivity index (χ3n) is 5.16. The third kappa shape index (κ3) is 6.10. The summed E-state index contributed by atoms with van der Waals surface area (Å²) in [6, 6.07) is 16.2. The molecule has 4 rings (SSSR count). The average Bonchev–Trinajstić information content (AvgIpc) is 3.19. The molecule has 0 fully saturated rings. The second kappa shape index (κ2) is 11.5. The standard InChI is InChI=1S/C24H18Cl3FN4O3S/c1-14-29-30-24(32(14)18-8-6-17(28)7-9-18)36-22(12-31(33)34)16-10-20(26)23(21(27)11-16)35-13-15-4-2-3-5-19(15)25/h2-11,22H,12-13H2,1H3/t22-/m0/s1. The average molecular weight is 568 g/mol. The SMILES string of the molecule is Cc1nnc(S[C@@H](C[N+](=O)[O-])c2cc(Cl)c(OCc3ccccc3Cl)c(Cl)c2)n1-c1ccc(F)cc1. The van der Waals surface area contributed by atoms with Crippen LogP contribution in [0, 0.1) is 22.9 Å². The molecule has 1 aromatic heterocycles. The first kappa shape index (κ1) is 26.2. The highest BCUT2D eigenvalue weighted by atomic mass is 35.5. The number of benzene rings is 3. The zero-order valence-corrected chi connectivity index (χ0v) is 21.8. The molecule has 0 N–H and O–H groups in total. The maximum atomic E-state index is 13.4. The summed E-state index contributed by atoms with van der Waals surface area (Å²) in [7, 11) is 0. The first-order chi connectivity index (χ1) is 17.2. The Morgan fingerprint density at radius 1 is 1.06 bits per heavy atom. The molecular weight excluding hydrogens is 550 g/mol. The Morgan fingerprint density at radius 3 is 2.36 bits per heavy atom. The molecule has 0 unspecified atom stereocenters. The van der Waals surface area contributed by atoms with Crippen LogP contribution < -0.4 is 4.74 Å². The van der Waals surface area contributed by atoms with E-state index in [9.17, 15) is 14.5 Å². The van der Waals surface area contributed by atoms with Crippen molar-refractivity contribution in [1.29, 1.82) is 0 Å². The summed E-state index contributed by atoms with van der Waals surface area (Å²) in [4.78, 5) is 11.1. The van der Waals surface area contributed by atoms with Crippen molar-refractivity contribution in [1.82, 2.24) is 14.8 Å². The second-order valence-corrected chi connectivity index (χ2v) is 10.0. The molecule has 0 amide bonds. The van der Waals surface area contributed by atoms with Crippen LogP contribution in [0.2, 0.25) is 15.1 Å². The van der Waals surface area contributed by atoms with Crippen molar-refractivity contribution in [3.63, 3.8) is 0 Å². The van der Waals surface area contributed by atoms with Gasteiger partial charge in [0.1, 0.15) is 23.5 Å². The van der Waals surface area contributed by atoms with E-state index in [4.69, 9.17) is 39.5 Å². The zero-order valence-electron chi connectivity index (χ0n) is 18.7. The summed E-state index contributed by atoms with van der Waals surface area (Å²) in [6.45, 7) is 1.46. The molecule has 36 heavy (non-hydrogen) atoms. The summed E-state index contributed by atoms with van der Waals surface area (Å²) in [5, 5.41) is 20.4. The highest BCUT2D eigenvalue weighted by Gasteiger charge is 2.26. The van der Waals surface area contributed by atoms with Crippen molar-refractivity contribution in [2.24, 2.45) is 0 Å². The van der Waals surface area contributed by atoms with Crippen LogP contribution in [0.5, 0.6) is 5.75 Å². The van der Waals surface area contributed by atoms with Crippen molar-refractivity contribution < 1.29 is 14.1 Å². The van der Waals surface area contributed by atoms with E-state index in [0.29, 0.717) is 27.3 Å². The molecule has 0 radical (unpaired) electrons. The fraction of sp³-hybridized carbons (Fsp3) is 0.167. The van der Waals surface area contributed by atoms with Crippen LogP contribution >= 0.6 is 46.6 Å². The van der Waals surface area contributed by atoms with E-state index in [1.54, 1.807) is 41.8 Å². The van der Waals surface area contributed by atoms with Crippen molar-refractivity contribution in [3.05, 3.63) is 109 Å². The van der Waals surface area contributed by atoms with Crippen molar-refractivity contribution >= 4 is 46.6 Å². The van der Waals surface area contributed by atoms with E-state index in [1.807, 2.05) is 18.2 Å². The molecule has 12 heteroatoms. The smallest absolute Gasteiger partial charge is 0.220 e. The first-order valence-electron chi connectivity index (χ1n) is 10.5. The Kier molecular flexibility index (Phi) is 8.35. The number of ether oxygens (including phenoxy) is 1. The Bertz CT molecular complexity index is 1380. The number of halogens is 4. The van der Waals surface area contributed by atoms with E-state index < -0.39 is 16.7 Å². The fourth-order valence-corrected chi connectivity index (χ4v) is 5.41. The molecule has 4 aromatic rings. The quantitative estimate of drug-likeness (QED) is 0.119. The van der Waals surface area contributed by atoms with Crippen LogP contribution in [-0.4, -0.2) is 26.2 Å². The Hall–Kier alpha value is -2.85. The van der Waals surface area contributed by atoms with Gasteiger partial charge in [0.05, 0.1) is 10.0 Å². The van der Waals surface area contributed by atoms with Gasteiger partial charge in [0.2, 0.25) is 6.54 Å². The van der Waals surface area contributed by atoms with Crippen molar-refractivity contribution in [2.45, 2.75) is 23.9 Å². The van der Waals surface area contributed by atoms with E-state index in [-0.39, 0.29) is 28.2 Å². The molecule has 0 bridgehead atoms. The van der Waals surface area contributed by atoms with Gasteiger partial charge < -0.3 is 4.74 Å². The number of aryl methyl sites for hydroxylation is 1. The zero-order chi connectivity index (χ0) is 25.8. The lowest BCUT2D eigenvalue weighted by Crippen LogP contribution is -2.11. The maximum absolute atomic E-state index is 13.4. The summed E-state index contributed by atoms with van der Waals surface area (Å²) < 4.78 is 20.9. The summed E-state index contributed by atoms with van der Waals surface area (Å²) >= 11 is 20.3. The molecule has 186 valence electrons. The summed E-state index contributed by atoms with van der Waals surface area (Å²) in [5.74, 6) is 0.409. The van der Waals surface area contributed by atoms with Crippen LogP contribution in [0.1, 0.15) is 22.2 Å². The number of nitrogens with zero attached hydrogens (tertiary/aromatic N) is 4. The molecule has 7 nitrogen and oxygen atoms in total. The number of thioether (sulfide) groups is 1. The monoisotopic (exact) mass is 566 g/mol. The highest BCUT2D eigenvalue weighted by Crippen LogP contribution is 2.42. The predicted molar refractivity (Wildman–Crippen MR) is 139 cm³/mol. The van der Waals surface area contributed by atoms with Crippen LogP contribution in [-0.2, 0) is 6.61 Å². The number of nitro groups is 1. The fourth-order valence-electron chi connectivity index (χ4n) is 3.45. The van der Waals surface area contributed by atoms with Gasteiger partial charge in [-0.2, -0.15) is 0 Å². The van der Waals surface area contributed by atoms with Crippen LogP contribution in [0.3, 0.4) is 0 Å².